The number of carbonyl (C=O) groups is 1. The zero-order valence-corrected chi connectivity index (χ0v) is 14.0. The molecule has 120 valence electrons. The van der Waals surface area contributed by atoms with Crippen LogP contribution in [-0.2, 0) is 25.3 Å². The quantitative estimate of drug-likeness (QED) is 0.680. The monoisotopic (exact) mass is 306 g/mol. The maximum atomic E-state index is 11.4. The molecule has 22 heavy (non-hydrogen) atoms. The molecular formula is C16H23BO5. The van der Waals surface area contributed by atoms with Crippen LogP contribution in [0.15, 0.2) is 12.1 Å². The van der Waals surface area contributed by atoms with E-state index in [0.29, 0.717) is 5.56 Å². The van der Waals surface area contributed by atoms with E-state index in [9.17, 15) is 9.90 Å². The second-order valence-corrected chi connectivity index (χ2v) is 6.68. The average molecular weight is 306 g/mol. The number of aromatic hydroxyl groups is 1. The number of benzene rings is 1. The van der Waals surface area contributed by atoms with Crippen molar-refractivity contribution in [2.24, 2.45) is 0 Å². The molecule has 1 heterocycles. The van der Waals surface area contributed by atoms with Crippen molar-refractivity contribution in [3.63, 3.8) is 0 Å². The highest BCUT2D eigenvalue weighted by Crippen LogP contribution is 2.37. The molecule has 0 spiro atoms. The highest BCUT2D eigenvalue weighted by atomic mass is 16.7. The molecule has 1 fully saturated rings. The van der Waals surface area contributed by atoms with Crippen molar-refractivity contribution in [2.75, 3.05) is 7.11 Å². The third-order valence-electron chi connectivity index (χ3n) is 4.54. The summed E-state index contributed by atoms with van der Waals surface area (Å²) in [4.78, 5) is 11.4. The van der Waals surface area contributed by atoms with Gasteiger partial charge in [-0.3, -0.25) is 4.79 Å². The second kappa shape index (κ2) is 5.59. The van der Waals surface area contributed by atoms with Gasteiger partial charge in [0.2, 0.25) is 0 Å². The van der Waals surface area contributed by atoms with Gasteiger partial charge < -0.3 is 19.2 Å². The van der Waals surface area contributed by atoms with Crippen LogP contribution in [0, 0.1) is 6.92 Å². The zero-order chi connectivity index (χ0) is 16.7. The minimum atomic E-state index is -0.539. The first-order chi connectivity index (χ1) is 10.1. The third kappa shape index (κ3) is 2.98. The van der Waals surface area contributed by atoms with Crippen LogP contribution >= 0.6 is 0 Å². The summed E-state index contributed by atoms with van der Waals surface area (Å²) in [5.74, 6) is -0.348. The Kier molecular flexibility index (Phi) is 4.28. The Morgan fingerprint density at radius 2 is 1.77 bits per heavy atom. The first kappa shape index (κ1) is 16.8. The first-order valence-corrected chi connectivity index (χ1v) is 7.32. The van der Waals surface area contributed by atoms with E-state index in [0.717, 1.165) is 11.0 Å². The van der Waals surface area contributed by atoms with E-state index in [2.05, 4.69) is 4.74 Å². The van der Waals surface area contributed by atoms with Crippen LogP contribution in [0.1, 0.15) is 38.8 Å². The van der Waals surface area contributed by atoms with Gasteiger partial charge in [-0.2, -0.15) is 0 Å². The lowest BCUT2D eigenvalue weighted by Gasteiger charge is -2.32. The molecule has 1 N–H and O–H groups in total. The third-order valence-corrected chi connectivity index (χ3v) is 4.54. The molecule has 0 bridgehead atoms. The zero-order valence-electron chi connectivity index (χ0n) is 14.0. The molecule has 0 aliphatic carbocycles. The van der Waals surface area contributed by atoms with Gasteiger partial charge in [0.05, 0.1) is 24.7 Å². The van der Waals surface area contributed by atoms with Crippen molar-refractivity contribution in [1.29, 1.82) is 0 Å². The number of methoxy groups -OCH3 is 1. The van der Waals surface area contributed by atoms with Crippen LogP contribution in [-0.4, -0.2) is 36.5 Å². The summed E-state index contributed by atoms with van der Waals surface area (Å²) in [7, 11) is 0.786. The molecule has 0 unspecified atom stereocenters. The number of hydrogen-bond acceptors (Lipinski definition) is 5. The van der Waals surface area contributed by atoms with E-state index >= 15 is 0 Å². The van der Waals surface area contributed by atoms with Gasteiger partial charge in [0.25, 0.3) is 0 Å². The molecule has 1 aliphatic rings. The van der Waals surface area contributed by atoms with E-state index < -0.39 is 24.3 Å². The first-order valence-electron chi connectivity index (χ1n) is 7.32. The highest BCUT2D eigenvalue weighted by molar-refractivity contribution is 6.62. The summed E-state index contributed by atoms with van der Waals surface area (Å²) < 4.78 is 16.6. The van der Waals surface area contributed by atoms with Crippen LogP contribution in [0.4, 0.5) is 0 Å². The summed E-state index contributed by atoms with van der Waals surface area (Å²) in [6.45, 7) is 9.82. The fourth-order valence-corrected chi connectivity index (χ4v) is 2.37. The molecule has 0 radical (unpaired) electrons. The van der Waals surface area contributed by atoms with Gasteiger partial charge in [-0.25, -0.2) is 0 Å². The second-order valence-electron chi connectivity index (χ2n) is 6.68. The van der Waals surface area contributed by atoms with E-state index in [1.165, 1.54) is 7.11 Å². The van der Waals surface area contributed by atoms with Crippen molar-refractivity contribution < 1.29 is 23.9 Å². The highest BCUT2D eigenvalue weighted by Gasteiger charge is 2.52. The molecule has 6 heteroatoms. The number of phenols is 1. The van der Waals surface area contributed by atoms with Crippen LogP contribution < -0.4 is 5.46 Å². The van der Waals surface area contributed by atoms with Crippen molar-refractivity contribution >= 4 is 18.6 Å². The van der Waals surface area contributed by atoms with Crippen LogP contribution in [0.5, 0.6) is 5.75 Å². The SMILES string of the molecule is COC(=O)Cc1cc(C)c(B2OC(C)(C)C(C)(C)O2)cc1O. The Balaban J connectivity index is 2.31. The van der Waals surface area contributed by atoms with E-state index in [1.807, 2.05) is 34.6 Å². The van der Waals surface area contributed by atoms with Crippen molar-refractivity contribution in [1.82, 2.24) is 0 Å². The molecule has 2 rings (SSSR count). The smallest absolute Gasteiger partial charge is 0.495 e. The summed E-state index contributed by atoms with van der Waals surface area (Å²) in [6, 6.07) is 3.38. The molecule has 1 aromatic rings. The van der Waals surface area contributed by atoms with Gasteiger partial charge in [-0.15, -0.1) is 0 Å². The average Bonchev–Trinajstić information content (AvgIpc) is 2.62. The maximum Gasteiger partial charge on any atom is 0.495 e. The molecule has 0 saturated carbocycles. The number of aryl methyl sites for hydroxylation is 1. The van der Waals surface area contributed by atoms with E-state index in [4.69, 9.17) is 9.31 Å². The lowest BCUT2D eigenvalue weighted by molar-refractivity contribution is -0.139. The van der Waals surface area contributed by atoms with Crippen molar-refractivity contribution in [3.05, 3.63) is 23.3 Å². The lowest BCUT2D eigenvalue weighted by Crippen LogP contribution is -2.41. The van der Waals surface area contributed by atoms with Crippen LogP contribution in [0.2, 0.25) is 0 Å². The maximum absolute atomic E-state index is 11.4. The summed E-state index contributed by atoms with van der Waals surface area (Å²) in [5, 5.41) is 10.2. The Morgan fingerprint density at radius 3 is 2.27 bits per heavy atom. The number of esters is 1. The van der Waals surface area contributed by atoms with Gasteiger partial charge in [-0.1, -0.05) is 11.6 Å². The van der Waals surface area contributed by atoms with Crippen LogP contribution in [0.3, 0.4) is 0 Å². The minimum absolute atomic E-state index is 0.0345. The van der Waals surface area contributed by atoms with Gasteiger partial charge in [-0.05, 0) is 46.1 Å². The number of hydrogen-bond donors (Lipinski definition) is 1. The number of ether oxygens (including phenoxy) is 1. The van der Waals surface area contributed by atoms with Crippen molar-refractivity contribution in [3.8, 4) is 5.75 Å². The van der Waals surface area contributed by atoms with Gasteiger partial charge in [0.1, 0.15) is 5.75 Å². The topological polar surface area (TPSA) is 65.0 Å². The van der Waals surface area contributed by atoms with E-state index in [-0.39, 0.29) is 12.2 Å². The standard InChI is InChI=1S/C16H23BO5/c1-10-7-11(8-14(19)20-6)13(18)9-12(10)17-21-15(2,3)16(4,5)22-17/h7,9,18H,8H2,1-6H3. The lowest BCUT2D eigenvalue weighted by atomic mass is 9.75. The van der Waals surface area contributed by atoms with Gasteiger partial charge >= 0.3 is 13.1 Å². The van der Waals surface area contributed by atoms with Crippen molar-refractivity contribution in [2.45, 2.75) is 52.2 Å². The number of rotatable bonds is 3. The molecule has 1 saturated heterocycles. The molecule has 0 aromatic heterocycles. The molecule has 0 amide bonds. The normalized spacial score (nSPS) is 19.3. The molecule has 1 aromatic carbocycles. The van der Waals surface area contributed by atoms with Gasteiger partial charge in [0.15, 0.2) is 0 Å². The molecule has 5 nitrogen and oxygen atoms in total. The number of phenolic OH excluding ortho intramolecular Hbond substituents is 1. The largest absolute Gasteiger partial charge is 0.508 e. The van der Waals surface area contributed by atoms with Crippen LogP contribution in [0.25, 0.3) is 0 Å². The van der Waals surface area contributed by atoms with E-state index in [1.54, 1.807) is 12.1 Å². The Labute approximate surface area is 131 Å². The Morgan fingerprint density at radius 1 is 1.23 bits per heavy atom. The fourth-order valence-electron chi connectivity index (χ4n) is 2.37. The fraction of sp³-hybridized carbons (Fsp3) is 0.562. The predicted octanol–water partition coefficient (Wildman–Crippen LogP) is 1.72. The molecule has 0 atom stereocenters. The summed E-state index contributed by atoms with van der Waals surface area (Å²) >= 11 is 0. The predicted molar refractivity (Wildman–Crippen MR) is 84.3 cm³/mol. The Bertz CT molecular complexity index is 578. The molecular weight excluding hydrogens is 283 g/mol. The van der Waals surface area contributed by atoms with Gasteiger partial charge in [0, 0.05) is 5.56 Å². The summed E-state index contributed by atoms with van der Waals surface area (Å²) in [6.07, 6.45) is 0.0345. The Hall–Kier alpha value is -1.53. The number of carbonyl (C=O) groups excluding carboxylic acids is 1. The minimum Gasteiger partial charge on any atom is -0.508 e. The summed E-state index contributed by atoms with van der Waals surface area (Å²) in [5.41, 5.74) is 1.32. The molecule has 1 aliphatic heterocycles.